The third-order valence-electron chi connectivity index (χ3n) is 4.09. The van der Waals surface area contributed by atoms with E-state index >= 15 is 0 Å². The van der Waals surface area contributed by atoms with Crippen LogP contribution in [0.5, 0.6) is 0 Å². The topological polar surface area (TPSA) is 63.2 Å². The Hall–Kier alpha value is -2.32. The van der Waals surface area contributed by atoms with Crippen molar-refractivity contribution in [2.45, 2.75) is 25.1 Å². The normalized spacial score (nSPS) is 17.0. The van der Waals surface area contributed by atoms with Crippen LogP contribution in [0.15, 0.2) is 36.7 Å². The fourth-order valence-corrected chi connectivity index (χ4v) is 2.95. The monoisotopic (exact) mass is 399 g/mol. The molecule has 0 aliphatic carbocycles. The lowest BCUT2D eigenvalue weighted by Gasteiger charge is -2.13. The summed E-state index contributed by atoms with van der Waals surface area (Å²) in [7, 11) is 0. The summed E-state index contributed by atoms with van der Waals surface area (Å²) >= 11 is 5.58. The second-order valence-corrected chi connectivity index (χ2v) is 6.53. The second kappa shape index (κ2) is 8.14. The number of nitrogens with one attached hydrogen (secondary N) is 2. The Morgan fingerprint density at radius 1 is 1.26 bits per heavy atom. The Morgan fingerprint density at radius 2 is 2.07 bits per heavy atom. The number of benzene rings is 1. The SMILES string of the molecule is O=C(Nc1ccc(Cl)c(C(F)(F)F)c1)c1cncc(NCC2CCCO2)c1. The molecule has 9 heteroatoms. The van der Waals surface area contributed by atoms with Gasteiger partial charge in [0.1, 0.15) is 0 Å². The van der Waals surface area contributed by atoms with Crippen LogP contribution in [0.25, 0.3) is 0 Å². The highest BCUT2D eigenvalue weighted by Crippen LogP contribution is 2.36. The molecule has 1 aliphatic rings. The minimum atomic E-state index is -4.61. The molecule has 1 saturated heterocycles. The van der Waals surface area contributed by atoms with E-state index in [1.54, 1.807) is 12.3 Å². The van der Waals surface area contributed by atoms with Gasteiger partial charge in [-0.3, -0.25) is 9.78 Å². The maximum atomic E-state index is 12.9. The molecule has 3 rings (SSSR count). The van der Waals surface area contributed by atoms with E-state index in [-0.39, 0.29) is 17.4 Å². The number of pyridine rings is 1. The summed E-state index contributed by atoms with van der Waals surface area (Å²) in [5.74, 6) is -0.571. The Balaban J connectivity index is 1.68. The lowest BCUT2D eigenvalue weighted by Crippen LogP contribution is -2.19. The molecule has 0 bridgehead atoms. The molecule has 1 aliphatic heterocycles. The molecular weight excluding hydrogens is 383 g/mol. The van der Waals surface area contributed by atoms with Crippen LogP contribution in [-0.2, 0) is 10.9 Å². The Bertz CT molecular complexity index is 824. The van der Waals surface area contributed by atoms with Gasteiger partial charge in [-0.1, -0.05) is 11.6 Å². The minimum Gasteiger partial charge on any atom is -0.381 e. The molecule has 0 spiro atoms. The first-order valence-electron chi connectivity index (χ1n) is 8.31. The van der Waals surface area contributed by atoms with E-state index in [2.05, 4.69) is 15.6 Å². The fourth-order valence-electron chi connectivity index (χ4n) is 2.72. The smallest absolute Gasteiger partial charge is 0.381 e. The van der Waals surface area contributed by atoms with E-state index in [1.165, 1.54) is 12.3 Å². The number of rotatable bonds is 5. The van der Waals surface area contributed by atoms with Crippen molar-refractivity contribution >= 4 is 28.9 Å². The van der Waals surface area contributed by atoms with Crippen molar-refractivity contribution in [3.63, 3.8) is 0 Å². The van der Waals surface area contributed by atoms with Gasteiger partial charge >= 0.3 is 6.18 Å². The number of hydrogen-bond donors (Lipinski definition) is 2. The largest absolute Gasteiger partial charge is 0.417 e. The first kappa shape index (κ1) is 19.4. The third kappa shape index (κ3) is 5.11. The van der Waals surface area contributed by atoms with Crippen molar-refractivity contribution in [1.29, 1.82) is 0 Å². The van der Waals surface area contributed by atoms with E-state index in [1.807, 2.05) is 0 Å². The Labute approximate surface area is 158 Å². The molecule has 2 N–H and O–H groups in total. The van der Waals surface area contributed by atoms with Crippen LogP contribution in [0.3, 0.4) is 0 Å². The lowest BCUT2D eigenvalue weighted by molar-refractivity contribution is -0.137. The number of alkyl halides is 3. The van der Waals surface area contributed by atoms with Crippen LogP contribution < -0.4 is 10.6 Å². The van der Waals surface area contributed by atoms with Crippen molar-refractivity contribution in [1.82, 2.24) is 4.98 Å². The summed E-state index contributed by atoms with van der Waals surface area (Å²) < 4.78 is 44.3. The summed E-state index contributed by atoms with van der Waals surface area (Å²) in [4.78, 5) is 16.4. The molecule has 1 unspecified atom stereocenters. The first-order valence-corrected chi connectivity index (χ1v) is 8.69. The Morgan fingerprint density at radius 3 is 2.78 bits per heavy atom. The highest BCUT2D eigenvalue weighted by Gasteiger charge is 2.33. The molecular formula is C18H17ClF3N3O2. The number of halogens is 4. The van der Waals surface area contributed by atoms with Crippen molar-refractivity contribution in [2.24, 2.45) is 0 Å². The molecule has 1 fully saturated rings. The van der Waals surface area contributed by atoms with Crippen LogP contribution in [0, 0.1) is 0 Å². The van der Waals surface area contributed by atoms with Crippen LogP contribution in [-0.4, -0.2) is 30.1 Å². The number of aromatic nitrogens is 1. The number of carbonyl (C=O) groups excluding carboxylic acids is 1. The molecule has 144 valence electrons. The molecule has 0 radical (unpaired) electrons. The van der Waals surface area contributed by atoms with Crippen molar-refractivity contribution in [3.8, 4) is 0 Å². The van der Waals surface area contributed by atoms with E-state index in [4.69, 9.17) is 16.3 Å². The second-order valence-electron chi connectivity index (χ2n) is 6.12. The van der Waals surface area contributed by atoms with E-state index in [0.29, 0.717) is 12.2 Å². The maximum absolute atomic E-state index is 12.9. The Kier molecular flexibility index (Phi) is 5.86. The van der Waals surface area contributed by atoms with Gasteiger partial charge in [0.2, 0.25) is 0 Å². The van der Waals surface area contributed by atoms with Gasteiger partial charge < -0.3 is 15.4 Å². The van der Waals surface area contributed by atoms with E-state index < -0.39 is 22.7 Å². The van der Waals surface area contributed by atoms with Gasteiger partial charge in [-0.25, -0.2) is 0 Å². The van der Waals surface area contributed by atoms with Gasteiger partial charge in [0, 0.05) is 31.2 Å². The predicted molar refractivity (Wildman–Crippen MR) is 96.1 cm³/mol. The first-order chi connectivity index (χ1) is 12.8. The number of carbonyl (C=O) groups is 1. The number of nitrogens with zero attached hydrogens (tertiary/aromatic N) is 1. The fraction of sp³-hybridized carbons (Fsp3) is 0.333. The van der Waals surface area contributed by atoms with Gasteiger partial charge in [0.25, 0.3) is 5.91 Å². The number of anilines is 2. The van der Waals surface area contributed by atoms with Crippen LogP contribution >= 0.6 is 11.6 Å². The summed E-state index contributed by atoms with van der Waals surface area (Å²) in [5.41, 5.74) is -0.164. The quantitative estimate of drug-likeness (QED) is 0.771. The molecule has 2 heterocycles. The highest BCUT2D eigenvalue weighted by molar-refractivity contribution is 6.31. The summed E-state index contributed by atoms with van der Waals surface area (Å²) in [6.07, 6.45) is 0.415. The van der Waals surface area contributed by atoms with Crippen LogP contribution in [0.4, 0.5) is 24.5 Å². The van der Waals surface area contributed by atoms with Crippen molar-refractivity contribution in [3.05, 3.63) is 52.8 Å². The standard InChI is InChI=1S/C18H17ClF3N3O2/c19-16-4-3-12(7-15(16)18(20,21)22)25-17(26)11-6-13(9-23-8-11)24-10-14-2-1-5-27-14/h3-4,6-9,14,24H,1-2,5,10H2,(H,25,26). The molecule has 1 aromatic heterocycles. The molecule has 1 aromatic carbocycles. The molecule has 2 aromatic rings. The molecule has 1 atom stereocenters. The third-order valence-corrected chi connectivity index (χ3v) is 4.42. The van der Waals surface area contributed by atoms with Gasteiger partial charge in [0.15, 0.2) is 0 Å². The maximum Gasteiger partial charge on any atom is 0.417 e. The zero-order chi connectivity index (χ0) is 19.4. The van der Waals surface area contributed by atoms with E-state index in [0.717, 1.165) is 31.6 Å². The predicted octanol–water partition coefficient (Wildman–Crippen LogP) is 4.60. The lowest BCUT2D eigenvalue weighted by atomic mass is 10.1. The van der Waals surface area contributed by atoms with Crippen molar-refractivity contribution < 1.29 is 22.7 Å². The molecule has 27 heavy (non-hydrogen) atoms. The van der Waals surface area contributed by atoms with Gasteiger partial charge in [-0.2, -0.15) is 13.2 Å². The zero-order valence-electron chi connectivity index (χ0n) is 14.1. The average Bonchev–Trinajstić information content (AvgIpc) is 3.14. The summed E-state index contributed by atoms with van der Waals surface area (Å²) in [6.45, 7) is 1.34. The van der Waals surface area contributed by atoms with Crippen LogP contribution in [0.2, 0.25) is 5.02 Å². The van der Waals surface area contributed by atoms with Gasteiger partial charge in [-0.15, -0.1) is 0 Å². The van der Waals surface area contributed by atoms with E-state index in [9.17, 15) is 18.0 Å². The molecule has 1 amide bonds. The van der Waals surface area contributed by atoms with Gasteiger partial charge in [-0.05, 0) is 37.1 Å². The average molecular weight is 400 g/mol. The van der Waals surface area contributed by atoms with Gasteiger partial charge in [0.05, 0.1) is 27.9 Å². The number of hydrogen-bond acceptors (Lipinski definition) is 4. The minimum absolute atomic E-state index is 0.00515. The number of amides is 1. The van der Waals surface area contributed by atoms with Crippen molar-refractivity contribution in [2.75, 3.05) is 23.8 Å². The summed E-state index contributed by atoms with van der Waals surface area (Å²) in [6, 6.07) is 4.78. The zero-order valence-corrected chi connectivity index (χ0v) is 14.9. The summed E-state index contributed by atoms with van der Waals surface area (Å²) in [5, 5.41) is 5.15. The molecule has 5 nitrogen and oxygen atoms in total. The number of ether oxygens (including phenoxy) is 1. The molecule has 0 saturated carbocycles. The van der Waals surface area contributed by atoms with Crippen LogP contribution in [0.1, 0.15) is 28.8 Å². The highest BCUT2D eigenvalue weighted by atomic mass is 35.5.